The Labute approximate surface area is 121 Å². The summed E-state index contributed by atoms with van der Waals surface area (Å²) in [5.41, 5.74) is 1.90. The van der Waals surface area contributed by atoms with Crippen LogP contribution in [-0.2, 0) is 0 Å². The van der Waals surface area contributed by atoms with Gasteiger partial charge in [-0.05, 0) is 30.7 Å². The van der Waals surface area contributed by atoms with E-state index < -0.39 is 0 Å². The predicted octanol–water partition coefficient (Wildman–Crippen LogP) is 2.72. The average Bonchev–Trinajstić information content (AvgIpc) is 2.46. The molecule has 0 unspecified atom stereocenters. The zero-order valence-corrected chi connectivity index (χ0v) is 12.3. The second-order valence-corrected chi connectivity index (χ2v) is 5.20. The first-order valence-electron chi connectivity index (χ1n) is 6.12. The van der Waals surface area contributed by atoms with Gasteiger partial charge in [0, 0.05) is 30.2 Å². The largest absolute Gasteiger partial charge is 0.396 e. The van der Waals surface area contributed by atoms with Crippen molar-refractivity contribution in [1.82, 2.24) is 10.2 Å². The lowest BCUT2D eigenvalue weighted by molar-refractivity contribution is 0.290. The second kappa shape index (κ2) is 6.63. The smallest absolute Gasteiger partial charge is 0.151 e. The topological polar surface area (TPSA) is 49.2 Å². The van der Waals surface area contributed by atoms with Crippen LogP contribution in [0.1, 0.15) is 6.42 Å². The highest BCUT2D eigenvalue weighted by Crippen LogP contribution is 2.20. The summed E-state index contributed by atoms with van der Waals surface area (Å²) in [4.78, 5) is 1.98. The lowest BCUT2D eigenvalue weighted by atomic mass is 10.1. The number of hydrogen-bond donors (Lipinski definition) is 1. The van der Waals surface area contributed by atoms with E-state index in [9.17, 15) is 0 Å². The van der Waals surface area contributed by atoms with E-state index in [0.717, 1.165) is 34.5 Å². The number of hydrogen-bond acceptors (Lipinski definition) is 4. The maximum absolute atomic E-state index is 8.81. The van der Waals surface area contributed by atoms with Crippen molar-refractivity contribution < 1.29 is 5.11 Å². The molecule has 1 aromatic heterocycles. The van der Waals surface area contributed by atoms with Crippen molar-refractivity contribution >= 4 is 21.7 Å². The van der Waals surface area contributed by atoms with Gasteiger partial charge in [-0.1, -0.05) is 28.1 Å². The zero-order valence-electron chi connectivity index (χ0n) is 10.8. The van der Waals surface area contributed by atoms with Crippen molar-refractivity contribution in [3.05, 3.63) is 40.9 Å². The Balaban J connectivity index is 2.11. The molecule has 0 fully saturated rings. The molecule has 0 aliphatic rings. The van der Waals surface area contributed by atoms with Gasteiger partial charge < -0.3 is 10.0 Å². The molecular weight excluding hydrogens is 306 g/mol. The summed E-state index contributed by atoms with van der Waals surface area (Å²) in [5, 5.41) is 17.3. The molecule has 100 valence electrons. The monoisotopic (exact) mass is 321 g/mol. The number of aromatic nitrogens is 2. The van der Waals surface area contributed by atoms with Crippen molar-refractivity contribution in [2.45, 2.75) is 6.42 Å². The van der Waals surface area contributed by atoms with Crippen LogP contribution in [0.5, 0.6) is 0 Å². The van der Waals surface area contributed by atoms with Crippen LogP contribution >= 0.6 is 15.9 Å². The Morgan fingerprint density at radius 2 is 1.84 bits per heavy atom. The van der Waals surface area contributed by atoms with E-state index in [1.165, 1.54) is 0 Å². The number of rotatable bonds is 5. The molecular formula is C14H16BrN3O. The summed E-state index contributed by atoms with van der Waals surface area (Å²) in [6.07, 6.45) is 0.729. The summed E-state index contributed by atoms with van der Waals surface area (Å²) >= 11 is 3.41. The van der Waals surface area contributed by atoms with Crippen LogP contribution in [-0.4, -0.2) is 35.5 Å². The molecule has 0 saturated carbocycles. The number of nitrogens with zero attached hydrogens (tertiary/aromatic N) is 3. The zero-order chi connectivity index (χ0) is 13.7. The molecule has 2 rings (SSSR count). The van der Waals surface area contributed by atoms with Crippen LogP contribution in [0.4, 0.5) is 5.82 Å². The third-order valence-corrected chi connectivity index (χ3v) is 3.36. The fourth-order valence-corrected chi connectivity index (χ4v) is 1.99. The minimum absolute atomic E-state index is 0.189. The van der Waals surface area contributed by atoms with Gasteiger partial charge in [0.15, 0.2) is 5.82 Å². The Hall–Kier alpha value is -1.46. The van der Waals surface area contributed by atoms with Crippen molar-refractivity contribution in [3.63, 3.8) is 0 Å². The maximum Gasteiger partial charge on any atom is 0.151 e. The Bertz CT molecular complexity index is 513. The summed E-state index contributed by atoms with van der Waals surface area (Å²) < 4.78 is 1.05. The Morgan fingerprint density at radius 1 is 1.11 bits per heavy atom. The molecule has 0 aliphatic carbocycles. The summed E-state index contributed by atoms with van der Waals surface area (Å²) in [7, 11) is 1.94. The number of aliphatic hydroxyl groups excluding tert-OH is 1. The Kier molecular flexibility index (Phi) is 4.87. The number of benzene rings is 1. The predicted molar refractivity (Wildman–Crippen MR) is 80.1 cm³/mol. The van der Waals surface area contributed by atoms with E-state index in [1.807, 2.05) is 48.3 Å². The van der Waals surface area contributed by atoms with Crippen molar-refractivity contribution in [2.24, 2.45) is 0 Å². The minimum Gasteiger partial charge on any atom is -0.396 e. The van der Waals surface area contributed by atoms with Gasteiger partial charge in [-0.15, -0.1) is 10.2 Å². The lowest BCUT2D eigenvalue weighted by Crippen LogP contribution is -2.20. The molecule has 5 heteroatoms. The molecule has 0 saturated heterocycles. The molecule has 1 N–H and O–H groups in total. The van der Waals surface area contributed by atoms with Crippen LogP contribution in [0, 0.1) is 0 Å². The highest BCUT2D eigenvalue weighted by molar-refractivity contribution is 9.10. The van der Waals surface area contributed by atoms with Gasteiger partial charge in [0.1, 0.15) is 0 Å². The van der Waals surface area contributed by atoms with Gasteiger partial charge in [-0.3, -0.25) is 0 Å². The molecule has 2 aromatic rings. The lowest BCUT2D eigenvalue weighted by Gasteiger charge is -2.16. The maximum atomic E-state index is 8.81. The van der Waals surface area contributed by atoms with Crippen LogP contribution in [0.3, 0.4) is 0 Å². The van der Waals surface area contributed by atoms with Crippen molar-refractivity contribution in [1.29, 1.82) is 0 Å². The van der Waals surface area contributed by atoms with E-state index in [0.29, 0.717) is 0 Å². The molecule has 0 atom stereocenters. The standard InChI is InChI=1S/C14H16BrN3O/c1-18(9-2-10-19)14-8-7-13(16-17-14)11-3-5-12(15)6-4-11/h3-8,19H,2,9-10H2,1H3. The molecule has 4 nitrogen and oxygen atoms in total. The molecule has 19 heavy (non-hydrogen) atoms. The molecule has 0 bridgehead atoms. The molecule has 0 aliphatic heterocycles. The number of anilines is 1. The second-order valence-electron chi connectivity index (χ2n) is 4.28. The number of aliphatic hydroxyl groups is 1. The Morgan fingerprint density at radius 3 is 2.42 bits per heavy atom. The quantitative estimate of drug-likeness (QED) is 0.920. The SMILES string of the molecule is CN(CCCO)c1ccc(-c2ccc(Br)cc2)nn1. The van der Waals surface area contributed by atoms with Gasteiger partial charge in [-0.25, -0.2) is 0 Å². The summed E-state index contributed by atoms with van der Waals surface area (Å²) in [5.74, 6) is 0.814. The van der Waals surface area contributed by atoms with E-state index in [2.05, 4.69) is 26.1 Å². The van der Waals surface area contributed by atoms with E-state index in [4.69, 9.17) is 5.11 Å². The van der Waals surface area contributed by atoms with E-state index in [1.54, 1.807) is 0 Å². The van der Waals surface area contributed by atoms with Crippen molar-refractivity contribution in [3.8, 4) is 11.3 Å². The molecule has 1 aromatic carbocycles. The van der Waals surface area contributed by atoms with E-state index in [-0.39, 0.29) is 6.61 Å². The highest BCUT2D eigenvalue weighted by Gasteiger charge is 2.04. The first-order valence-corrected chi connectivity index (χ1v) is 6.91. The van der Waals surface area contributed by atoms with Gasteiger partial charge >= 0.3 is 0 Å². The average molecular weight is 322 g/mol. The first-order chi connectivity index (χ1) is 9.20. The summed E-state index contributed by atoms with van der Waals surface area (Å²) in [6, 6.07) is 11.9. The fourth-order valence-electron chi connectivity index (χ4n) is 1.73. The van der Waals surface area contributed by atoms with Crippen LogP contribution in [0.25, 0.3) is 11.3 Å². The van der Waals surface area contributed by atoms with E-state index >= 15 is 0 Å². The molecule has 0 amide bonds. The molecule has 1 heterocycles. The van der Waals surface area contributed by atoms with Crippen LogP contribution < -0.4 is 4.90 Å². The third kappa shape index (κ3) is 3.75. The van der Waals surface area contributed by atoms with Gasteiger partial charge in [0.25, 0.3) is 0 Å². The summed E-state index contributed by atoms with van der Waals surface area (Å²) in [6.45, 7) is 0.956. The van der Waals surface area contributed by atoms with Gasteiger partial charge in [0.05, 0.1) is 5.69 Å². The minimum atomic E-state index is 0.189. The highest BCUT2D eigenvalue weighted by atomic mass is 79.9. The van der Waals surface area contributed by atoms with Gasteiger partial charge in [-0.2, -0.15) is 0 Å². The van der Waals surface area contributed by atoms with Crippen LogP contribution in [0.2, 0.25) is 0 Å². The van der Waals surface area contributed by atoms with Crippen molar-refractivity contribution in [2.75, 3.05) is 25.1 Å². The molecule has 0 spiro atoms. The first kappa shape index (κ1) is 14.0. The fraction of sp³-hybridized carbons (Fsp3) is 0.286. The van der Waals surface area contributed by atoms with Crippen LogP contribution in [0.15, 0.2) is 40.9 Å². The number of halogens is 1. The molecule has 0 radical (unpaired) electrons. The third-order valence-electron chi connectivity index (χ3n) is 2.83. The van der Waals surface area contributed by atoms with Gasteiger partial charge in [0.2, 0.25) is 0 Å². The normalized spacial score (nSPS) is 10.5.